The second-order valence-electron chi connectivity index (χ2n) is 5.86. The van der Waals surface area contributed by atoms with Gasteiger partial charge in [0.2, 0.25) is 0 Å². The molecule has 1 aromatic rings. The van der Waals surface area contributed by atoms with E-state index in [9.17, 15) is 0 Å². The van der Waals surface area contributed by atoms with Crippen molar-refractivity contribution in [3.63, 3.8) is 0 Å². The predicted molar refractivity (Wildman–Crippen MR) is 86.4 cm³/mol. The molecule has 0 amide bonds. The molecule has 0 fully saturated rings. The fourth-order valence-corrected chi connectivity index (χ4v) is 2.19. The van der Waals surface area contributed by atoms with Crippen molar-refractivity contribution in [1.82, 2.24) is 10.2 Å². The molecule has 1 rings (SSSR count). The largest absolute Gasteiger partial charge is 0.494 e. The number of nitrogens with one attached hydrogen (secondary N) is 1. The number of rotatable bonds is 8. The van der Waals surface area contributed by atoms with Gasteiger partial charge in [0.25, 0.3) is 0 Å². The van der Waals surface area contributed by atoms with E-state index in [2.05, 4.69) is 50.2 Å². The number of para-hydroxylation sites is 1. The van der Waals surface area contributed by atoms with Crippen LogP contribution in [0.2, 0.25) is 0 Å². The van der Waals surface area contributed by atoms with Crippen LogP contribution in [-0.4, -0.2) is 37.7 Å². The maximum Gasteiger partial charge on any atom is 0.124 e. The summed E-state index contributed by atoms with van der Waals surface area (Å²) in [6.45, 7) is 10.5. The first-order valence-corrected chi connectivity index (χ1v) is 7.56. The van der Waals surface area contributed by atoms with Crippen molar-refractivity contribution in [3.05, 3.63) is 29.8 Å². The van der Waals surface area contributed by atoms with E-state index in [1.54, 1.807) is 0 Å². The molecule has 1 atom stereocenters. The van der Waals surface area contributed by atoms with Gasteiger partial charge in [-0.05, 0) is 47.4 Å². The fourth-order valence-electron chi connectivity index (χ4n) is 2.19. The molecule has 0 spiro atoms. The Labute approximate surface area is 124 Å². The molecule has 1 aromatic carbocycles. The van der Waals surface area contributed by atoms with Crippen LogP contribution in [-0.2, 0) is 0 Å². The highest BCUT2D eigenvalue weighted by Gasteiger charge is 2.25. The Morgan fingerprint density at radius 1 is 1.25 bits per heavy atom. The number of benzene rings is 1. The molecule has 0 heterocycles. The van der Waals surface area contributed by atoms with Gasteiger partial charge in [-0.3, -0.25) is 4.90 Å². The second kappa shape index (κ2) is 7.65. The van der Waals surface area contributed by atoms with Crippen LogP contribution < -0.4 is 10.1 Å². The highest BCUT2D eigenvalue weighted by molar-refractivity contribution is 5.36. The summed E-state index contributed by atoms with van der Waals surface area (Å²) in [6.07, 6.45) is 1.13. The van der Waals surface area contributed by atoms with E-state index in [1.807, 2.05) is 26.1 Å². The van der Waals surface area contributed by atoms with Crippen molar-refractivity contribution in [2.45, 2.75) is 45.7 Å². The smallest absolute Gasteiger partial charge is 0.124 e. The van der Waals surface area contributed by atoms with Gasteiger partial charge in [-0.1, -0.05) is 25.1 Å². The van der Waals surface area contributed by atoms with E-state index in [0.717, 1.165) is 18.7 Å². The third kappa shape index (κ3) is 4.22. The summed E-state index contributed by atoms with van der Waals surface area (Å²) >= 11 is 0. The molecule has 0 saturated carbocycles. The highest BCUT2D eigenvalue weighted by atomic mass is 16.5. The molecule has 0 aromatic heterocycles. The van der Waals surface area contributed by atoms with Gasteiger partial charge >= 0.3 is 0 Å². The molecule has 0 aliphatic rings. The average molecular weight is 278 g/mol. The number of hydrogen-bond acceptors (Lipinski definition) is 3. The Morgan fingerprint density at radius 3 is 2.45 bits per heavy atom. The van der Waals surface area contributed by atoms with Crippen LogP contribution in [0.1, 0.15) is 45.7 Å². The van der Waals surface area contributed by atoms with Crippen molar-refractivity contribution in [1.29, 1.82) is 0 Å². The number of nitrogens with zero attached hydrogens (tertiary/aromatic N) is 1. The Morgan fingerprint density at radius 2 is 1.90 bits per heavy atom. The molecule has 1 N–H and O–H groups in total. The summed E-state index contributed by atoms with van der Waals surface area (Å²) in [5, 5.41) is 3.42. The molecule has 3 nitrogen and oxygen atoms in total. The van der Waals surface area contributed by atoms with E-state index in [1.165, 1.54) is 5.56 Å². The van der Waals surface area contributed by atoms with Crippen molar-refractivity contribution < 1.29 is 4.74 Å². The number of ether oxygens (including phenoxy) is 1. The summed E-state index contributed by atoms with van der Waals surface area (Å²) in [4.78, 5) is 2.41. The van der Waals surface area contributed by atoms with Crippen molar-refractivity contribution in [3.8, 4) is 5.75 Å². The summed E-state index contributed by atoms with van der Waals surface area (Å²) < 4.78 is 5.75. The summed E-state index contributed by atoms with van der Waals surface area (Å²) in [5.74, 6) is 0.983. The number of hydrogen-bond donors (Lipinski definition) is 1. The summed E-state index contributed by atoms with van der Waals surface area (Å²) in [6, 6.07) is 8.58. The van der Waals surface area contributed by atoms with Crippen LogP contribution in [0.4, 0.5) is 0 Å². The van der Waals surface area contributed by atoms with Crippen molar-refractivity contribution in [2.24, 2.45) is 0 Å². The van der Waals surface area contributed by atoms with Gasteiger partial charge in [0.1, 0.15) is 5.75 Å². The van der Waals surface area contributed by atoms with Crippen molar-refractivity contribution in [2.75, 3.05) is 27.2 Å². The molecule has 3 heteroatoms. The molecule has 0 saturated heterocycles. The zero-order valence-electron chi connectivity index (χ0n) is 13.9. The minimum absolute atomic E-state index is 0.204. The Kier molecular flexibility index (Phi) is 6.50. The van der Waals surface area contributed by atoms with Gasteiger partial charge in [-0.2, -0.15) is 0 Å². The van der Waals surface area contributed by atoms with Crippen LogP contribution in [0.25, 0.3) is 0 Å². The van der Waals surface area contributed by atoms with Crippen LogP contribution in [0.3, 0.4) is 0 Å². The standard InChI is InChI=1S/C17H30N2O/c1-7-17(3,4)19(6)13-15(18-5)14-11-9-10-12-16(14)20-8-2/h9-12,15,18H,7-8,13H2,1-6H3. The van der Waals surface area contributed by atoms with E-state index < -0.39 is 0 Å². The summed E-state index contributed by atoms with van der Waals surface area (Å²) in [7, 11) is 4.21. The monoisotopic (exact) mass is 278 g/mol. The zero-order chi connectivity index (χ0) is 15.2. The normalized spacial score (nSPS) is 13.6. The van der Waals surface area contributed by atoms with E-state index in [-0.39, 0.29) is 11.6 Å². The molecule has 0 aliphatic carbocycles. The molecule has 0 radical (unpaired) electrons. The SMILES string of the molecule is CCOc1ccccc1C(CN(C)C(C)(C)CC)NC. The second-order valence-corrected chi connectivity index (χ2v) is 5.86. The van der Waals surface area contributed by atoms with Crippen LogP contribution in [0, 0.1) is 0 Å². The van der Waals surface area contributed by atoms with Gasteiger partial charge in [0, 0.05) is 23.7 Å². The highest BCUT2D eigenvalue weighted by Crippen LogP contribution is 2.27. The molecule has 0 aliphatic heterocycles. The Balaban J connectivity index is 2.91. The lowest BCUT2D eigenvalue weighted by Gasteiger charge is -2.37. The van der Waals surface area contributed by atoms with Crippen LogP contribution in [0.5, 0.6) is 5.75 Å². The number of likely N-dealkylation sites (N-methyl/N-ethyl adjacent to an activating group) is 2. The minimum atomic E-state index is 0.204. The van der Waals surface area contributed by atoms with Gasteiger partial charge in [-0.25, -0.2) is 0 Å². The van der Waals surface area contributed by atoms with Gasteiger partial charge in [-0.15, -0.1) is 0 Å². The van der Waals surface area contributed by atoms with E-state index in [4.69, 9.17) is 4.74 Å². The van der Waals surface area contributed by atoms with Gasteiger partial charge in [0.05, 0.1) is 6.61 Å². The quantitative estimate of drug-likeness (QED) is 0.788. The lowest BCUT2D eigenvalue weighted by Crippen LogP contribution is -2.44. The van der Waals surface area contributed by atoms with Gasteiger partial charge in [0.15, 0.2) is 0 Å². The van der Waals surface area contributed by atoms with E-state index >= 15 is 0 Å². The van der Waals surface area contributed by atoms with Crippen molar-refractivity contribution >= 4 is 0 Å². The zero-order valence-corrected chi connectivity index (χ0v) is 13.9. The first-order valence-electron chi connectivity index (χ1n) is 7.56. The van der Waals surface area contributed by atoms with Crippen LogP contribution in [0.15, 0.2) is 24.3 Å². The molecular formula is C17H30N2O. The first-order chi connectivity index (χ1) is 9.46. The third-order valence-electron chi connectivity index (χ3n) is 4.30. The molecule has 1 unspecified atom stereocenters. The summed E-state index contributed by atoms with van der Waals surface area (Å²) in [5.41, 5.74) is 1.44. The first kappa shape index (κ1) is 17.0. The average Bonchev–Trinajstić information content (AvgIpc) is 2.45. The predicted octanol–water partition coefficient (Wildman–Crippen LogP) is 3.47. The van der Waals surface area contributed by atoms with Gasteiger partial charge < -0.3 is 10.1 Å². The third-order valence-corrected chi connectivity index (χ3v) is 4.30. The molecule has 0 bridgehead atoms. The maximum atomic E-state index is 5.75. The lowest BCUT2D eigenvalue weighted by atomic mass is 9.97. The van der Waals surface area contributed by atoms with Crippen LogP contribution >= 0.6 is 0 Å². The fraction of sp³-hybridized carbons (Fsp3) is 0.647. The van der Waals surface area contributed by atoms with E-state index in [0.29, 0.717) is 6.61 Å². The maximum absolute atomic E-state index is 5.75. The molecular weight excluding hydrogens is 248 g/mol. The lowest BCUT2D eigenvalue weighted by molar-refractivity contribution is 0.136. The topological polar surface area (TPSA) is 24.5 Å². The Bertz CT molecular complexity index is 404. The molecule has 20 heavy (non-hydrogen) atoms. The minimum Gasteiger partial charge on any atom is -0.494 e. The Hall–Kier alpha value is -1.06. The molecule has 114 valence electrons.